The Hall–Kier alpha value is -0.980. The summed E-state index contributed by atoms with van der Waals surface area (Å²) in [6.07, 6.45) is 6.37. The Kier molecular flexibility index (Phi) is 1.58. The maximum Gasteiger partial charge on any atom is 0.122 e. The van der Waals surface area contributed by atoms with Gasteiger partial charge in [-0.1, -0.05) is 6.07 Å². The Morgan fingerprint density at radius 3 is 2.46 bits per heavy atom. The van der Waals surface area contributed by atoms with Crippen molar-refractivity contribution in [1.82, 2.24) is 0 Å². The maximum absolute atomic E-state index is 5.56. The molecule has 13 heavy (non-hydrogen) atoms. The Morgan fingerprint density at radius 2 is 1.62 bits per heavy atom. The van der Waals surface area contributed by atoms with E-state index in [1.807, 2.05) is 0 Å². The molecule has 2 aliphatic rings. The molecule has 1 aromatic rings. The van der Waals surface area contributed by atoms with Crippen LogP contribution in [-0.2, 0) is 19.3 Å². The fourth-order valence-corrected chi connectivity index (χ4v) is 2.41. The summed E-state index contributed by atoms with van der Waals surface area (Å²) in [7, 11) is 0. The third-order valence-electron chi connectivity index (χ3n) is 3.15. The van der Waals surface area contributed by atoms with Gasteiger partial charge in [0, 0.05) is 6.42 Å². The highest BCUT2D eigenvalue weighted by atomic mass is 16.5. The smallest absolute Gasteiger partial charge is 0.122 e. The van der Waals surface area contributed by atoms with Crippen LogP contribution in [0.1, 0.15) is 29.5 Å². The van der Waals surface area contributed by atoms with Gasteiger partial charge in [0.1, 0.15) is 5.75 Å². The lowest BCUT2D eigenvalue weighted by Gasteiger charge is -2.16. The number of rotatable bonds is 0. The molecule has 68 valence electrons. The van der Waals surface area contributed by atoms with E-state index in [1.54, 1.807) is 5.56 Å². The first kappa shape index (κ1) is 7.43. The lowest BCUT2D eigenvalue weighted by atomic mass is 9.90. The van der Waals surface area contributed by atoms with E-state index in [-0.39, 0.29) is 0 Å². The Bertz CT molecular complexity index is 308. The molecule has 0 bridgehead atoms. The second kappa shape index (κ2) is 2.76. The van der Waals surface area contributed by atoms with E-state index in [4.69, 9.17) is 4.74 Å². The maximum atomic E-state index is 5.56. The predicted octanol–water partition coefficient (Wildman–Crippen LogP) is 2.50. The van der Waals surface area contributed by atoms with Crippen molar-refractivity contribution in [3.05, 3.63) is 28.8 Å². The van der Waals surface area contributed by atoms with Crippen LogP contribution in [0.25, 0.3) is 0 Å². The van der Waals surface area contributed by atoms with Crippen molar-refractivity contribution in [2.45, 2.75) is 32.1 Å². The van der Waals surface area contributed by atoms with Crippen LogP contribution in [0.15, 0.2) is 12.1 Å². The van der Waals surface area contributed by atoms with Gasteiger partial charge < -0.3 is 4.74 Å². The van der Waals surface area contributed by atoms with Crippen molar-refractivity contribution in [2.24, 2.45) is 0 Å². The lowest BCUT2D eigenvalue weighted by molar-refractivity contribution is 0.356. The quantitative estimate of drug-likeness (QED) is 0.587. The molecule has 0 saturated carbocycles. The molecule has 0 amide bonds. The largest absolute Gasteiger partial charge is 0.493 e. The molecule has 1 heterocycles. The molecule has 0 unspecified atom stereocenters. The van der Waals surface area contributed by atoms with E-state index in [9.17, 15) is 0 Å². The summed E-state index contributed by atoms with van der Waals surface area (Å²) in [5.74, 6) is 1.15. The van der Waals surface area contributed by atoms with Crippen molar-refractivity contribution < 1.29 is 4.74 Å². The molecule has 0 radical (unpaired) electrons. The molecular weight excluding hydrogens is 160 g/mol. The highest BCUT2D eigenvalue weighted by Crippen LogP contribution is 2.32. The molecule has 1 aromatic carbocycles. The zero-order valence-electron chi connectivity index (χ0n) is 7.81. The first-order valence-electron chi connectivity index (χ1n) is 5.21. The minimum atomic E-state index is 0.887. The normalized spacial score (nSPS) is 19.1. The lowest BCUT2D eigenvalue weighted by Crippen LogP contribution is -2.02. The number of ether oxygens (including phenoxy) is 1. The van der Waals surface area contributed by atoms with Crippen LogP contribution in [-0.4, -0.2) is 6.61 Å². The fraction of sp³-hybridized carbons (Fsp3) is 0.500. The van der Waals surface area contributed by atoms with E-state index in [0.29, 0.717) is 0 Å². The summed E-state index contributed by atoms with van der Waals surface area (Å²) in [4.78, 5) is 0. The van der Waals surface area contributed by atoms with E-state index < -0.39 is 0 Å². The number of hydrogen-bond acceptors (Lipinski definition) is 1. The molecular formula is C12H14O. The zero-order chi connectivity index (χ0) is 8.67. The van der Waals surface area contributed by atoms with E-state index in [2.05, 4.69) is 12.1 Å². The first-order chi connectivity index (χ1) is 6.43. The van der Waals surface area contributed by atoms with Crippen molar-refractivity contribution in [3.63, 3.8) is 0 Å². The van der Waals surface area contributed by atoms with Crippen LogP contribution >= 0.6 is 0 Å². The second-order valence-corrected chi connectivity index (χ2v) is 4.03. The van der Waals surface area contributed by atoms with E-state index in [0.717, 1.165) is 18.8 Å². The van der Waals surface area contributed by atoms with Gasteiger partial charge in [0.05, 0.1) is 6.61 Å². The van der Waals surface area contributed by atoms with Gasteiger partial charge in [-0.15, -0.1) is 0 Å². The monoisotopic (exact) mass is 174 g/mol. The van der Waals surface area contributed by atoms with Crippen LogP contribution < -0.4 is 4.74 Å². The molecule has 3 rings (SSSR count). The van der Waals surface area contributed by atoms with Crippen LogP contribution in [0, 0.1) is 0 Å². The predicted molar refractivity (Wildman–Crippen MR) is 52.3 cm³/mol. The molecule has 0 saturated heterocycles. The molecule has 0 spiro atoms. The van der Waals surface area contributed by atoms with Crippen molar-refractivity contribution in [3.8, 4) is 5.75 Å². The number of aryl methyl sites for hydroxylation is 2. The van der Waals surface area contributed by atoms with E-state index >= 15 is 0 Å². The summed E-state index contributed by atoms with van der Waals surface area (Å²) in [6.45, 7) is 0.887. The second-order valence-electron chi connectivity index (χ2n) is 4.03. The number of benzene rings is 1. The topological polar surface area (TPSA) is 9.23 Å². The molecule has 0 aromatic heterocycles. The number of fused-ring (bicyclic) bond motifs is 2. The Morgan fingerprint density at radius 1 is 0.846 bits per heavy atom. The summed E-state index contributed by atoms with van der Waals surface area (Å²) in [6, 6.07) is 4.65. The summed E-state index contributed by atoms with van der Waals surface area (Å²) >= 11 is 0. The minimum absolute atomic E-state index is 0.887. The van der Waals surface area contributed by atoms with Gasteiger partial charge >= 0.3 is 0 Å². The summed E-state index contributed by atoms with van der Waals surface area (Å²) in [5, 5.41) is 0. The average Bonchev–Trinajstić information content (AvgIpc) is 2.61. The van der Waals surface area contributed by atoms with Gasteiger partial charge in [0.15, 0.2) is 0 Å². The molecule has 0 N–H and O–H groups in total. The van der Waals surface area contributed by atoms with E-state index in [1.165, 1.54) is 36.8 Å². The third-order valence-corrected chi connectivity index (χ3v) is 3.15. The van der Waals surface area contributed by atoms with Crippen molar-refractivity contribution in [2.75, 3.05) is 6.61 Å². The Balaban J connectivity index is 2.11. The molecule has 0 fully saturated rings. The van der Waals surface area contributed by atoms with Gasteiger partial charge in [0.25, 0.3) is 0 Å². The van der Waals surface area contributed by atoms with Crippen molar-refractivity contribution >= 4 is 0 Å². The van der Waals surface area contributed by atoms with Gasteiger partial charge in [0.2, 0.25) is 0 Å². The van der Waals surface area contributed by atoms with Crippen LogP contribution in [0.5, 0.6) is 5.75 Å². The third kappa shape index (κ3) is 1.14. The highest BCUT2D eigenvalue weighted by molar-refractivity contribution is 5.45. The zero-order valence-corrected chi connectivity index (χ0v) is 7.81. The Labute approximate surface area is 78.7 Å². The number of hydrogen-bond donors (Lipinski definition) is 0. The molecule has 1 aliphatic carbocycles. The van der Waals surface area contributed by atoms with Gasteiger partial charge in [-0.05, 0) is 48.4 Å². The first-order valence-corrected chi connectivity index (χ1v) is 5.21. The van der Waals surface area contributed by atoms with Gasteiger partial charge in [-0.3, -0.25) is 0 Å². The minimum Gasteiger partial charge on any atom is -0.493 e. The van der Waals surface area contributed by atoms with Gasteiger partial charge in [-0.25, -0.2) is 0 Å². The SMILES string of the molecule is c1c2c(cc3c1CCO3)CCCC2. The summed E-state index contributed by atoms with van der Waals surface area (Å²) in [5.41, 5.74) is 4.54. The van der Waals surface area contributed by atoms with Crippen LogP contribution in [0.4, 0.5) is 0 Å². The molecule has 1 heteroatoms. The average molecular weight is 174 g/mol. The van der Waals surface area contributed by atoms with Crippen molar-refractivity contribution in [1.29, 1.82) is 0 Å². The van der Waals surface area contributed by atoms with Crippen LogP contribution in [0.3, 0.4) is 0 Å². The highest BCUT2D eigenvalue weighted by Gasteiger charge is 2.17. The van der Waals surface area contributed by atoms with Gasteiger partial charge in [-0.2, -0.15) is 0 Å². The fourth-order valence-electron chi connectivity index (χ4n) is 2.41. The summed E-state index contributed by atoms with van der Waals surface area (Å²) < 4.78 is 5.56. The van der Waals surface area contributed by atoms with Crippen LogP contribution in [0.2, 0.25) is 0 Å². The standard InChI is InChI=1S/C12H14O/c1-2-4-10-8-12-11(5-6-13-12)7-9(10)3-1/h7-8H,1-6H2. The molecule has 1 nitrogen and oxygen atoms in total. The molecule has 0 atom stereocenters. The molecule has 1 aliphatic heterocycles.